The molecule has 0 aliphatic rings. The molecular weight excluding hydrogens is 296 g/mol. The fourth-order valence-electron chi connectivity index (χ4n) is 1.95. The van der Waals surface area contributed by atoms with Crippen molar-refractivity contribution in [1.82, 2.24) is 4.98 Å². The van der Waals surface area contributed by atoms with Gasteiger partial charge in [-0.1, -0.05) is 18.2 Å². The number of aliphatic carboxylic acids is 1. The lowest BCUT2D eigenvalue weighted by Gasteiger charge is -2.14. The van der Waals surface area contributed by atoms with Crippen LogP contribution in [0.25, 0.3) is 0 Å². The highest BCUT2D eigenvalue weighted by Gasteiger charge is 2.17. The number of carbonyl (C=O) groups is 1. The van der Waals surface area contributed by atoms with Gasteiger partial charge in [-0.2, -0.15) is 5.26 Å². The van der Waals surface area contributed by atoms with Gasteiger partial charge in [-0.15, -0.1) is 0 Å². The topological polar surface area (TPSA) is 92.4 Å². The van der Waals surface area contributed by atoms with Gasteiger partial charge in [-0.3, -0.25) is 4.79 Å². The minimum atomic E-state index is -0.902. The van der Waals surface area contributed by atoms with E-state index in [0.717, 1.165) is 0 Å². The first-order valence-electron chi connectivity index (χ1n) is 7.05. The number of carboxylic acids is 1. The maximum absolute atomic E-state index is 11.1. The molecule has 6 nitrogen and oxygen atoms in total. The van der Waals surface area contributed by atoms with E-state index in [1.54, 1.807) is 43.3 Å². The normalized spacial score (nSPS) is 11.3. The Balaban J connectivity index is 1.89. The Labute approximate surface area is 133 Å². The van der Waals surface area contributed by atoms with E-state index in [0.29, 0.717) is 22.8 Å². The van der Waals surface area contributed by atoms with Crippen molar-refractivity contribution in [2.24, 2.45) is 0 Å². The van der Waals surface area contributed by atoms with Gasteiger partial charge in [-0.25, -0.2) is 4.98 Å². The Kier molecular flexibility index (Phi) is 5.53. The van der Waals surface area contributed by atoms with Crippen LogP contribution in [0, 0.1) is 11.3 Å². The van der Waals surface area contributed by atoms with E-state index < -0.39 is 11.9 Å². The van der Waals surface area contributed by atoms with Crippen LogP contribution in [0.2, 0.25) is 0 Å². The third-order valence-electron chi connectivity index (χ3n) is 3.22. The number of carboxylic acid groups (broad SMARTS) is 1. The number of aromatic nitrogens is 1. The standard InChI is InChI=1S/C17H16N2O4/c1-12(17(20)21)15-4-2-3-5-16(15)23-9-8-22-14-7-6-13(10-18)19-11-14/h2-7,11-12H,8-9H2,1H3,(H,20,21). The summed E-state index contributed by atoms with van der Waals surface area (Å²) in [4.78, 5) is 15.0. The predicted octanol–water partition coefficient (Wildman–Crippen LogP) is 2.60. The third-order valence-corrected chi connectivity index (χ3v) is 3.22. The Morgan fingerprint density at radius 3 is 2.65 bits per heavy atom. The van der Waals surface area contributed by atoms with Crippen LogP contribution >= 0.6 is 0 Å². The summed E-state index contributed by atoms with van der Waals surface area (Å²) < 4.78 is 11.1. The monoisotopic (exact) mass is 312 g/mol. The fraction of sp³-hybridized carbons (Fsp3) is 0.235. The van der Waals surface area contributed by atoms with Gasteiger partial charge in [0.05, 0.1) is 12.1 Å². The molecule has 118 valence electrons. The molecule has 0 radical (unpaired) electrons. The molecule has 2 aromatic rings. The van der Waals surface area contributed by atoms with Crippen LogP contribution in [0.4, 0.5) is 0 Å². The molecule has 1 heterocycles. The van der Waals surface area contributed by atoms with Gasteiger partial charge in [0.15, 0.2) is 0 Å². The molecule has 0 saturated carbocycles. The highest BCUT2D eigenvalue weighted by molar-refractivity contribution is 5.76. The van der Waals surface area contributed by atoms with Crippen molar-refractivity contribution in [3.05, 3.63) is 53.9 Å². The van der Waals surface area contributed by atoms with E-state index in [2.05, 4.69) is 4.98 Å². The average Bonchev–Trinajstić information content (AvgIpc) is 2.59. The lowest BCUT2D eigenvalue weighted by Crippen LogP contribution is -2.13. The van der Waals surface area contributed by atoms with E-state index in [4.69, 9.17) is 19.8 Å². The molecule has 1 aromatic carbocycles. The molecule has 0 aliphatic heterocycles. The molecule has 0 saturated heterocycles. The predicted molar refractivity (Wildman–Crippen MR) is 82.4 cm³/mol. The summed E-state index contributed by atoms with van der Waals surface area (Å²) in [5, 5.41) is 17.8. The van der Waals surface area contributed by atoms with Crippen LogP contribution in [-0.4, -0.2) is 29.3 Å². The molecule has 1 atom stereocenters. The van der Waals surface area contributed by atoms with Crippen LogP contribution in [0.1, 0.15) is 24.1 Å². The van der Waals surface area contributed by atoms with Gasteiger partial charge in [0.2, 0.25) is 0 Å². The number of para-hydroxylation sites is 1. The molecule has 23 heavy (non-hydrogen) atoms. The third kappa shape index (κ3) is 4.45. The summed E-state index contributed by atoms with van der Waals surface area (Å²) in [5.74, 6) is -0.473. The molecular formula is C17H16N2O4. The number of nitriles is 1. The van der Waals surface area contributed by atoms with Crippen LogP contribution in [-0.2, 0) is 4.79 Å². The van der Waals surface area contributed by atoms with E-state index in [-0.39, 0.29) is 13.2 Å². The van der Waals surface area contributed by atoms with E-state index in [9.17, 15) is 4.79 Å². The van der Waals surface area contributed by atoms with Crippen molar-refractivity contribution in [3.63, 3.8) is 0 Å². The number of ether oxygens (including phenoxy) is 2. The Morgan fingerprint density at radius 1 is 1.26 bits per heavy atom. The second-order valence-electron chi connectivity index (χ2n) is 4.79. The number of rotatable bonds is 7. The van der Waals surface area contributed by atoms with Gasteiger partial charge in [0, 0.05) is 5.56 Å². The van der Waals surface area contributed by atoms with Gasteiger partial charge < -0.3 is 14.6 Å². The Bertz CT molecular complexity index is 707. The summed E-state index contributed by atoms with van der Waals surface area (Å²) in [6.07, 6.45) is 1.47. The highest BCUT2D eigenvalue weighted by atomic mass is 16.5. The summed E-state index contributed by atoms with van der Waals surface area (Å²) in [6, 6.07) is 12.2. The van der Waals surface area contributed by atoms with Gasteiger partial charge in [0.1, 0.15) is 36.5 Å². The largest absolute Gasteiger partial charge is 0.490 e. The molecule has 0 fully saturated rings. The summed E-state index contributed by atoms with van der Waals surface area (Å²) in [7, 11) is 0. The molecule has 1 N–H and O–H groups in total. The maximum atomic E-state index is 11.1. The minimum absolute atomic E-state index is 0.267. The summed E-state index contributed by atoms with van der Waals surface area (Å²) in [5.41, 5.74) is 0.949. The molecule has 0 spiro atoms. The quantitative estimate of drug-likeness (QED) is 0.790. The zero-order chi connectivity index (χ0) is 16.7. The minimum Gasteiger partial charge on any atom is -0.490 e. The van der Waals surface area contributed by atoms with Gasteiger partial charge in [0.25, 0.3) is 0 Å². The molecule has 0 bridgehead atoms. The average molecular weight is 312 g/mol. The number of hydrogen-bond donors (Lipinski definition) is 1. The molecule has 0 aliphatic carbocycles. The van der Waals surface area contributed by atoms with Gasteiger partial charge in [-0.05, 0) is 25.1 Å². The van der Waals surface area contributed by atoms with Crippen molar-refractivity contribution >= 4 is 5.97 Å². The van der Waals surface area contributed by atoms with Crippen molar-refractivity contribution in [2.45, 2.75) is 12.8 Å². The number of nitrogens with zero attached hydrogens (tertiary/aromatic N) is 2. The smallest absolute Gasteiger partial charge is 0.310 e. The zero-order valence-electron chi connectivity index (χ0n) is 12.6. The van der Waals surface area contributed by atoms with Crippen LogP contribution in [0.3, 0.4) is 0 Å². The lowest BCUT2D eigenvalue weighted by molar-refractivity contribution is -0.138. The van der Waals surface area contributed by atoms with Crippen LogP contribution < -0.4 is 9.47 Å². The Hall–Kier alpha value is -3.07. The lowest BCUT2D eigenvalue weighted by atomic mass is 10.0. The zero-order valence-corrected chi connectivity index (χ0v) is 12.6. The first-order chi connectivity index (χ1) is 11.1. The molecule has 1 unspecified atom stereocenters. The highest BCUT2D eigenvalue weighted by Crippen LogP contribution is 2.26. The van der Waals surface area contributed by atoms with E-state index in [1.807, 2.05) is 6.07 Å². The van der Waals surface area contributed by atoms with Crippen molar-refractivity contribution in [3.8, 4) is 17.6 Å². The summed E-state index contributed by atoms with van der Waals surface area (Å²) in [6.45, 7) is 2.16. The second-order valence-corrected chi connectivity index (χ2v) is 4.79. The van der Waals surface area contributed by atoms with E-state index >= 15 is 0 Å². The van der Waals surface area contributed by atoms with Gasteiger partial charge >= 0.3 is 5.97 Å². The summed E-state index contributed by atoms with van der Waals surface area (Å²) >= 11 is 0. The first kappa shape index (κ1) is 16.3. The van der Waals surface area contributed by atoms with Crippen molar-refractivity contribution in [1.29, 1.82) is 5.26 Å². The molecule has 6 heteroatoms. The van der Waals surface area contributed by atoms with Crippen molar-refractivity contribution < 1.29 is 19.4 Å². The van der Waals surface area contributed by atoms with E-state index in [1.165, 1.54) is 6.20 Å². The molecule has 0 amide bonds. The maximum Gasteiger partial charge on any atom is 0.310 e. The SMILES string of the molecule is CC(C(=O)O)c1ccccc1OCCOc1ccc(C#N)nc1. The first-order valence-corrected chi connectivity index (χ1v) is 7.05. The second kappa shape index (κ2) is 7.80. The van der Waals surface area contributed by atoms with Crippen LogP contribution in [0.5, 0.6) is 11.5 Å². The number of pyridine rings is 1. The Morgan fingerprint density at radius 2 is 2.00 bits per heavy atom. The fourth-order valence-corrected chi connectivity index (χ4v) is 1.95. The molecule has 2 rings (SSSR count). The number of hydrogen-bond acceptors (Lipinski definition) is 5. The molecule has 1 aromatic heterocycles. The van der Waals surface area contributed by atoms with Crippen LogP contribution in [0.15, 0.2) is 42.6 Å². The number of benzene rings is 1. The van der Waals surface area contributed by atoms with Crippen molar-refractivity contribution in [2.75, 3.05) is 13.2 Å².